The van der Waals surface area contributed by atoms with E-state index in [1.165, 1.54) is 11.4 Å². The third-order valence-electron chi connectivity index (χ3n) is 4.06. The van der Waals surface area contributed by atoms with Gasteiger partial charge in [0.25, 0.3) is 0 Å². The second-order valence-corrected chi connectivity index (χ2v) is 5.56. The Morgan fingerprint density at radius 3 is 2.90 bits per heavy atom. The molecule has 1 N–H and O–H groups in total. The lowest BCUT2D eigenvalue weighted by atomic mass is 10.0. The Balaban J connectivity index is 1.83. The van der Waals surface area contributed by atoms with Gasteiger partial charge in [0.2, 0.25) is 0 Å². The zero-order valence-corrected chi connectivity index (χ0v) is 12.0. The first kappa shape index (κ1) is 12.3. The first-order valence-electron chi connectivity index (χ1n) is 7.39. The summed E-state index contributed by atoms with van der Waals surface area (Å²) < 4.78 is 0. The maximum absolute atomic E-state index is 4.50. The number of rotatable bonds is 1. The molecule has 0 bridgehead atoms. The molecule has 21 heavy (non-hydrogen) atoms. The number of aliphatic imine (C=N–C) groups is 1. The summed E-state index contributed by atoms with van der Waals surface area (Å²) in [5, 5.41) is 3.62. The Labute approximate surface area is 124 Å². The fraction of sp³-hybridized carbons (Fsp3) is 0.235. The van der Waals surface area contributed by atoms with E-state index in [0.717, 1.165) is 24.5 Å². The molecule has 3 heterocycles. The third-order valence-corrected chi connectivity index (χ3v) is 4.06. The average molecular weight is 278 g/mol. The van der Waals surface area contributed by atoms with Gasteiger partial charge >= 0.3 is 0 Å². The number of fused-ring (bicyclic) bond motifs is 2. The topological polar surface area (TPSA) is 30.9 Å². The van der Waals surface area contributed by atoms with Crippen molar-refractivity contribution < 1.29 is 0 Å². The van der Waals surface area contributed by atoms with E-state index < -0.39 is 0 Å². The molecule has 0 aliphatic carbocycles. The molecule has 3 aliphatic heterocycles. The van der Waals surface area contributed by atoms with Crippen LogP contribution in [0.2, 0.25) is 0 Å². The van der Waals surface area contributed by atoms with E-state index >= 15 is 0 Å². The van der Waals surface area contributed by atoms with Crippen LogP contribution < -0.4 is 10.2 Å². The minimum absolute atomic E-state index is 0.486. The molecule has 0 amide bonds. The number of nitrogens with zero attached hydrogens (tertiary/aromatic N) is 3. The van der Waals surface area contributed by atoms with E-state index in [2.05, 4.69) is 63.7 Å². The molecule has 4 rings (SSSR count). The van der Waals surface area contributed by atoms with Gasteiger partial charge in [-0.05, 0) is 38.0 Å². The van der Waals surface area contributed by atoms with Crippen molar-refractivity contribution in [1.29, 1.82) is 0 Å². The van der Waals surface area contributed by atoms with Crippen LogP contribution in [0.3, 0.4) is 0 Å². The van der Waals surface area contributed by atoms with E-state index in [0.29, 0.717) is 6.04 Å². The van der Waals surface area contributed by atoms with Crippen molar-refractivity contribution in [3.8, 4) is 0 Å². The molecule has 1 aromatic carbocycles. The molecule has 4 heteroatoms. The smallest absolute Gasteiger partial charge is 0.155 e. The van der Waals surface area contributed by atoms with Crippen LogP contribution in [-0.4, -0.2) is 17.2 Å². The Hall–Kier alpha value is -2.49. The molecule has 4 nitrogen and oxygen atoms in total. The van der Waals surface area contributed by atoms with Gasteiger partial charge in [-0.15, -0.1) is 0 Å². The van der Waals surface area contributed by atoms with Crippen molar-refractivity contribution >= 4 is 11.9 Å². The fourth-order valence-electron chi connectivity index (χ4n) is 2.98. The van der Waals surface area contributed by atoms with Crippen LogP contribution in [0.25, 0.3) is 0 Å². The lowest BCUT2D eigenvalue weighted by Crippen LogP contribution is -2.44. The van der Waals surface area contributed by atoms with Gasteiger partial charge in [0, 0.05) is 24.1 Å². The Bertz CT molecular complexity index is 669. The van der Waals surface area contributed by atoms with Crippen molar-refractivity contribution in [2.24, 2.45) is 4.99 Å². The number of anilines is 1. The van der Waals surface area contributed by atoms with Crippen LogP contribution in [-0.2, 0) is 0 Å². The monoisotopic (exact) mass is 278 g/mol. The number of hydrogen-bond acceptors (Lipinski definition) is 4. The molecule has 1 atom stereocenters. The second-order valence-electron chi connectivity index (χ2n) is 5.56. The number of para-hydroxylation sites is 1. The molecular weight excluding hydrogens is 260 g/mol. The van der Waals surface area contributed by atoms with Crippen LogP contribution in [0.4, 0.5) is 5.69 Å². The standard InChI is InChI=1S/C17H18N4/c1-13-8-9-15-17(19-13)20-11-5-10-18-16(20)12-21(15)14-6-3-2-4-7-14/h2-7,10-13,19H,8-9H2,1H3. The van der Waals surface area contributed by atoms with Gasteiger partial charge in [-0.2, -0.15) is 0 Å². The minimum Gasteiger partial charge on any atom is -0.367 e. The predicted molar refractivity (Wildman–Crippen MR) is 85.3 cm³/mol. The summed E-state index contributed by atoms with van der Waals surface area (Å²) in [4.78, 5) is 8.91. The van der Waals surface area contributed by atoms with Gasteiger partial charge in [0.1, 0.15) is 5.82 Å². The first-order chi connectivity index (χ1) is 10.3. The molecule has 0 radical (unpaired) electrons. The van der Waals surface area contributed by atoms with E-state index in [-0.39, 0.29) is 0 Å². The van der Waals surface area contributed by atoms with Crippen LogP contribution in [0.15, 0.2) is 71.1 Å². The van der Waals surface area contributed by atoms with E-state index in [1.807, 2.05) is 18.4 Å². The maximum atomic E-state index is 4.50. The molecule has 106 valence electrons. The summed E-state index contributed by atoms with van der Waals surface area (Å²) in [6, 6.07) is 11.0. The van der Waals surface area contributed by atoms with Crippen LogP contribution in [0.5, 0.6) is 0 Å². The van der Waals surface area contributed by atoms with Gasteiger partial charge in [-0.1, -0.05) is 18.2 Å². The highest BCUT2D eigenvalue weighted by atomic mass is 15.4. The van der Waals surface area contributed by atoms with Crippen molar-refractivity contribution in [2.75, 3.05) is 4.90 Å². The highest BCUT2D eigenvalue weighted by Gasteiger charge is 2.31. The molecule has 1 aromatic rings. The van der Waals surface area contributed by atoms with E-state index in [9.17, 15) is 0 Å². The van der Waals surface area contributed by atoms with Crippen molar-refractivity contribution in [3.63, 3.8) is 0 Å². The summed E-state index contributed by atoms with van der Waals surface area (Å²) in [6.07, 6.45) is 10.2. The van der Waals surface area contributed by atoms with E-state index in [1.54, 1.807) is 0 Å². The lowest BCUT2D eigenvalue weighted by molar-refractivity contribution is 0.403. The van der Waals surface area contributed by atoms with E-state index in [4.69, 9.17) is 0 Å². The van der Waals surface area contributed by atoms with Crippen LogP contribution in [0, 0.1) is 0 Å². The summed E-state index contributed by atoms with van der Waals surface area (Å²) in [5.41, 5.74) is 2.49. The summed E-state index contributed by atoms with van der Waals surface area (Å²) in [7, 11) is 0. The van der Waals surface area contributed by atoms with Crippen molar-refractivity contribution in [1.82, 2.24) is 10.2 Å². The molecule has 0 spiro atoms. The zero-order chi connectivity index (χ0) is 14.2. The first-order valence-corrected chi connectivity index (χ1v) is 7.39. The summed E-state index contributed by atoms with van der Waals surface area (Å²) in [5.74, 6) is 2.10. The quantitative estimate of drug-likeness (QED) is 0.856. The van der Waals surface area contributed by atoms with Gasteiger partial charge in [0.15, 0.2) is 5.82 Å². The average Bonchev–Trinajstić information content (AvgIpc) is 2.55. The highest BCUT2D eigenvalue weighted by Crippen LogP contribution is 2.35. The lowest BCUT2D eigenvalue weighted by Gasteiger charge is -2.41. The molecule has 0 saturated heterocycles. The number of hydrogen-bond donors (Lipinski definition) is 1. The van der Waals surface area contributed by atoms with Crippen LogP contribution in [0.1, 0.15) is 19.8 Å². The molecule has 0 saturated carbocycles. The Morgan fingerprint density at radius 1 is 1.19 bits per heavy atom. The van der Waals surface area contributed by atoms with Gasteiger partial charge in [-0.3, -0.25) is 4.90 Å². The Kier molecular flexibility index (Phi) is 2.81. The number of allylic oxidation sites excluding steroid dienone is 2. The van der Waals surface area contributed by atoms with Gasteiger partial charge < -0.3 is 10.2 Å². The SMILES string of the molecule is CC1CCC2=C(N1)N1C=CC=NC1=CN2c1ccccc1. The zero-order valence-electron chi connectivity index (χ0n) is 12.0. The summed E-state index contributed by atoms with van der Waals surface area (Å²) >= 11 is 0. The molecular formula is C17H18N4. The predicted octanol–water partition coefficient (Wildman–Crippen LogP) is 3.15. The normalized spacial score (nSPS) is 23.5. The maximum Gasteiger partial charge on any atom is 0.155 e. The molecule has 0 fully saturated rings. The van der Waals surface area contributed by atoms with Crippen molar-refractivity contribution in [2.45, 2.75) is 25.8 Å². The Morgan fingerprint density at radius 2 is 2.05 bits per heavy atom. The summed E-state index contributed by atoms with van der Waals surface area (Å²) in [6.45, 7) is 2.23. The highest BCUT2D eigenvalue weighted by molar-refractivity contribution is 5.74. The third kappa shape index (κ3) is 2.03. The number of benzene rings is 1. The van der Waals surface area contributed by atoms with Gasteiger partial charge in [-0.25, -0.2) is 4.99 Å². The molecule has 0 aromatic heterocycles. The van der Waals surface area contributed by atoms with Gasteiger partial charge in [0.05, 0.1) is 11.9 Å². The fourth-order valence-corrected chi connectivity index (χ4v) is 2.98. The molecule has 3 aliphatic rings. The largest absolute Gasteiger partial charge is 0.367 e. The second kappa shape index (κ2) is 4.81. The van der Waals surface area contributed by atoms with Crippen LogP contribution >= 0.6 is 0 Å². The molecule has 1 unspecified atom stereocenters. The van der Waals surface area contributed by atoms with Crippen molar-refractivity contribution in [3.05, 3.63) is 66.1 Å². The minimum atomic E-state index is 0.486. The number of nitrogens with one attached hydrogen (secondary N) is 1.